The summed E-state index contributed by atoms with van der Waals surface area (Å²) in [4.78, 5) is 32.4. The quantitative estimate of drug-likeness (QED) is 0.522. The molecule has 3 aromatic rings. The standard InChI is InChI=1S/C24H26FN3O3S/c25-20-7-5-19(6-8-20)18-28(23(29)17-21-3-2-16-32-21)14-11-26-9-12-27(13-10-26)24(30)22-4-1-15-31-22/h1-8,15-16H,9-14,17-18H2. The molecule has 6 nitrogen and oxygen atoms in total. The number of hydrogen-bond acceptors (Lipinski definition) is 5. The second-order valence-electron chi connectivity index (χ2n) is 7.81. The lowest BCUT2D eigenvalue weighted by Gasteiger charge is -2.35. The topological polar surface area (TPSA) is 57.0 Å². The number of amides is 2. The number of halogens is 1. The lowest BCUT2D eigenvalue weighted by Crippen LogP contribution is -2.50. The van der Waals surface area contributed by atoms with Crippen LogP contribution >= 0.6 is 11.3 Å². The molecule has 2 amide bonds. The van der Waals surface area contributed by atoms with Gasteiger partial charge in [-0.25, -0.2) is 4.39 Å². The van der Waals surface area contributed by atoms with Crippen molar-refractivity contribution in [3.05, 3.63) is 82.2 Å². The third-order valence-corrected chi connectivity index (χ3v) is 6.50. The van der Waals surface area contributed by atoms with Crippen LogP contribution in [0.4, 0.5) is 4.39 Å². The number of carbonyl (C=O) groups excluding carboxylic acids is 2. The van der Waals surface area contributed by atoms with Gasteiger partial charge in [0.1, 0.15) is 5.82 Å². The molecule has 1 aromatic carbocycles. The highest BCUT2D eigenvalue weighted by Crippen LogP contribution is 2.14. The van der Waals surface area contributed by atoms with Gasteiger partial charge >= 0.3 is 0 Å². The van der Waals surface area contributed by atoms with Crippen molar-refractivity contribution in [1.29, 1.82) is 0 Å². The van der Waals surface area contributed by atoms with Crippen LogP contribution < -0.4 is 0 Å². The van der Waals surface area contributed by atoms with Crippen molar-refractivity contribution >= 4 is 23.2 Å². The number of piperazine rings is 1. The third kappa shape index (κ3) is 5.83. The van der Waals surface area contributed by atoms with Crippen LogP contribution in [0.2, 0.25) is 0 Å². The third-order valence-electron chi connectivity index (χ3n) is 5.62. The molecular weight excluding hydrogens is 429 g/mol. The lowest BCUT2D eigenvalue weighted by molar-refractivity contribution is -0.131. The fourth-order valence-corrected chi connectivity index (χ4v) is 4.46. The molecule has 0 unspecified atom stereocenters. The molecule has 3 heterocycles. The highest BCUT2D eigenvalue weighted by molar-refractivity contribution is 7.10. The van der Waals surface area contributed by atoms with Crippen LogP contribution in [-0.4, -0.2) is 65.8 Å². The van der Waals surface area contributed by atoms with Crippen molar-refractivity contribution < 1.29 is 18.4 Å². The van der Waals surface area contributed by atoms with E-state index in [9.17, 15) is 14.0 Å². The van der Waals surface area contributed by atoms with Crippen LogP contribution in [0.1, 0.15) is 21.0 Å². The van der Waals surface area contributed by atoms with Gasteiger partial charge in [0.05, 0.1) is 12.7 Å². The Labute approximate surface area is 190 Å². The lowest BCUT2D eigenvalue weighted by atomic mass is 10.2. The molecule has 0 radical (unpaired) electrons. The van der Waals surface area contributed by atoms with Gasteiger partial charge in [-0.3, -0.25) is 14.5 Å². The van der Waals surface area contributed by atoms with Crippen molar-refractivity contribution in [1.82, 2.24) is 14.7 Å². The Balaban J connectivity index is 1.33. The second-order valence-corrected chi connectivity index (χ2v) is 8.84. The van der Waals surface area contributed by atoms with Crippen LogP contribution in [0.15, 0.2) is 64.6 Å². The Hall–Kier alpha value is -2.97. The Morgan fingerprint density at radius 2 is 1.81 bits per heavy atom. The number of carbonyl (C=O) groups is 2. The van der Waals surface area contributed by atoms with Gasteiger partial charge in [0.2, 0.25) is 5.91 Å². The van der Waals surface area contributed by atoms with E-state index in [1.807, 2.05) is 22.4 Å². The van der Waals surface area contributed by atoms with E-state index in [1.165, 1.54) is 18.4 Å². The minimum Gasteiger partial charge on any atom is -0.459 e. The van der Waals surface area contributed by atoms with Gasteiger partial charge in [-0.15, -0.1) is 11.3 Å². The smallest absolute Gasteiger partial charge is 0.289 e. The Kier molecular flexibility index (Phi) is 7.34. The van der Waals surface area contributed by atoms with Gasteiger partial charge < -0.3 is 14.2 Å². The minimum absolute atomic E-state index is 0.0587. The summed E-state index contributed by atoms with van der Waals surface area (Å²) in [5, 5.41) is 1.97. The van der Waals surface area contributed by atoms with Gasteiger partial charge in [0.25, 0.3) is 5.91 Å². The maximum atomic E-state index is 13.3. The van der Waals surface area contributed by atoms with E-state index in [1.54, 1.807) is 40.5 Å². The van der Waals surface area contributed by atoms with E-state index in [4.69, 9.17) is 4.42 Å². The normalized spacial score (nSPS) is 14.5. The second kappa shape index (κ2) is 10.6. The zero-order chi connectivity index (χ0) is 22.3. The van der Waals surface area contributed by atoms with E-state index in [0.717, 1.165) is 30.1 Å². The predicted octanol–water partition coefficient (Wildman–Crippen LogP) is 3.51. The Morgan fingerprint density at radius 3 is 2.47 bits per heavy atom. The minimum atomic E-state index is -0.285. The molecular formula is C24H26FN3O3S. The zero-order valence-electron chi connectivity index (χ0n) is 17.8. The van der Waals surface area contributed by atoms with Crippen molar-refractivity contribution in [3.8, 4) is 0 Å². The summed E-state index contributed by atoms with van der Waals surface area (Å²) < 4.78 is 18.5. The first-order valence-electron chi connectivity index (χ1n) is 10.7. The molecule has 0 atom stereocenters. The number of thiophene rings is 1. The highest BCUT2D eigenvalue weighted by Gasteiger charge is 2.24. The summed E-state index contributed by atoms with van der Waals surface area (Å²) in [5.74, 6) is 0.0531. The number of nitrogens with zero attached hydrogens (tertiary/aromatic N) is 3. The van der Waals surface area contributed by atoms with Gasteiger partial charge in [-0.1, -0.05) is 18.2 Å². The van der Waals surface area contributed by atoms with Crippen molar-refractivity contribution in [2.75, 3.05) is 39.3 Å². The molecule has 1 fully saturated rings. The molecule has 0 spiro atoms. The summed E-state index contributed by atoms with van der Waals surface area (Å²) in [6, 6.07) is 13.6. The summed E-state index contributed by atoms with van der Waals surface area (Å²) in [7, 11) is 0. The fourth-order valence-electron chi connectivity index (χ4n) is 3.77. The summed E-state index contributed by atoms with van der Waals surface area (Å²) >= 11 is 1.57. The SMILES string of the molecule is O=C(Cc1cccs1)N(CCN1CCN(C(=O)c2ccco2)CC1)Cc1ccc(F)cc1. The van der Waals surface area contributed by atoms with Crippen molar-refractivity contribution in [2.45, 2.75) is 13.0 Å². The van der Waals surface area contributed by atoms with Crippen LogP contribution in [0.25, 0.3) is 0 Å². The van der Waals surface area contributed by atoms with Crippen LogP contribution in [0.5, 0.6) is 0 Å². The molecule has 8 heteroatoms. The number of rotatable bonds is 8. The molecule has 2 aromatic heterocycles. The number of furan rings is 1. The largest absolute Gasteiger partial charge is 0.459 e. The molecule has 1 saturated heterocycles. The van der Waals surface area contributed by atoms with Crippen molar-refractivity contribution in [3.63, 3.8) is 0 Å². The first kappa shape index (κ1) is 22.2. The zero-order valence-corrected chi connectivity index (χ0v) is 18.6. The molecule has 0 N–H and O–H groups in total. The van der Waals surface area contributed by atoms with Gasteiger partial charge in [0.15, 0.2) is 5.76 Å². The molecule has 168 valence electrons. The molecule has 0 aliphatic carbocycles. The number of hydrogen-bond donors (Lipinski definition) is 0. The van der Waals surface area contributed by atoms with E-state index in [2.05, 4.69) is 4.90 Å². The molecule has 0 bridgehead atoms. The van der Waals surface area contributed by atoms with Gasteiger partial charge in [-0.05, 0) is 41.3 Å². The van der Waals surface area contributed by atoms with E-state index < -0.39 is 0 Å². The molecule has 1 aliphatic heterocycles. The van der Waals surface area contributed by atoms with Crippen LogP contribution in [0, 0.1) is 5.82 Å². The van der Waals surface area contributed by atoms with Gasteiger partial charge in [0, 0.05) is 50.7 Å². The number of benzene rings is 1. The molecule has 1 aliphatic rings. The van der Waals surface area contributed by atoms with Crippen LogP contribution in [0.3, 0.4) is 0 Å². The first-order valence-corrected chi connectivity index (χ1v) is 11.6. The average Bonchev–Trinajstić information content (AvgIpc) is 3.52. The van der Waals surface area contributed by atoms with E-state index in [0.29, 0.717) is 38.4 Å². The molecule has 0 saturated carbocycles. The Bertz CT molecular complexity index is 998. The predicted molar refractivity (Wildman–Crippen MR) is 121 cm³/mol. The maximum absolute atomic E-state index is 13.3. The molecule has 4 rings (SSSR count). The maximum Gasteiger partial charge on any atom is 0.289 e. The monoisotopic (exact) mass is 455 g/mol. The van der Waals surface area contributed by atoms with E-state index >= 15 is 0 Å². The van der Waals surface area contributed by atoms with E-state index in [-0.39, 0.29) is 17.6 Å². The fraction of sp³-hybridized carbons (Fsp3) is 0.333. The summed E-state index contributed by atoms with van der Waals surface area (Å²) in [6.45, 7) is 4.49. The highest BCUT2D eigenvalue weighted by atomic mass is 32.1. The Morgan fingerprint density at radius 1 is 1.03 bits per heavy atom. The first-order chi connectivity index (χ1) is 15.6. The van der Waals surface area contributed by atoms with Gasteiger partial charge in [-0.2, -0.15) is 0 Å². The molecule has 32 heavy (non-hydrogen) atoms. The van der Waals surface area contributed by atoms with Crippen LogP contribution in [-0.2, 0) is 17.8 Å². The average molecular weight is 456 g/mol. The summed E-state index contributed by atoms with van der Waals surface area (Å²) in [6.07, 6.45) is 1.87. The summed E-state index contributed by atoms with van der Waals surface area (Å²) in [5.41, 5.74) is 0.903. The van der Waals surface area contributed by atoms with Crippen molar-refractivity contribution in [2.24, 2.45) is 0 Å².